The maximum atomic E-state index is 12.1. The van der Waals surface area contributed by atoms with Crippen LogP contribution in [0.2, 0.25) is 10.0 Å². The normalized spacial score (nSPS) is 10.8. The van der Waals surface area contributed by atoms with Crippen molar-refractivity contribution in [1.82, 2.24) is 24.5 Å². The lowest BCUT2D eigenvalue weighted by Gasteiger charge is -2.02. The molecule has 2 aromatic heterocycles. The van der Waals surface area contributed by atoms with Gasteiger partial charge < -0.3 is 10.1 Å². The largest absolute Gasteiger partial charge is 0.408 e. The lowest BCUT2D eigenvalue weighted by molar-refractivity contribution is -0.389. The Labute approximate surface area is 162 Å². The first-order valence-corrected chi connectivity index (χ1v) is 8.40. The lowest BCUT2D eigenvalue weighted by atomic mass is 10.2. The van der Waals surface area contributed by atoms with Crippen molar-refractivity contribution in [2.24, 2.45) is 0 Å². The van der Waals surface area contributed by atoms with E-state index in [2.05, 4.69) is 20.5 Å². The van der Waals surface area contributed by atoms with Crippen LogP contribution >= 0.6 is 23.2 Å². The van der Waals surface area contributed by atoms with Crippen LogP contribution in [0.5, 0.6) is 0 Å². The Bertz CT molecular complexity index is 998. The highest BCUT2D eigenvalue weighted by Crippen LogP contribution is 2.26. The van der Waals surface area contributed by atoms with Gasteiger partial charge in [-0.05, 0) is 29.5 Å². The zero-order valence-electron chi connectivity index (χ0n) is 14.0. The summed E-state index contributed by atoms with van der Waals surface area (Å²) in [7, 11) is 0. The number of aromatic nitrogens is 5. The summed E-state index contributed by atoms with van der Waals surface area (Å²) in [5.74, 6) is -0.872. The number of nitro groups is 1. The molecule has 0 aliphatic heterocycles. The molecule has 10 nitrogen and oxygen atoms in total. The summed E-state index contributed by atoms with van der Waals surface area (Å²) < 4.78 is 2.71. The van der Waals surface area contributed by atoms with Crippen molar-refractivity contribution in [2.75, 3.05) is 5.32 Å². The van der Waals surface area contributed by atoms with Gasteiger partial charge in [0, 0.05) is 5.02 Å². The van der Waals surface area contributed by atoms with Crippen molar-refractivity contribution in [1.29, 1.82) is 0 Å². The Kier molecular flexibility index (Phi) is 5.38. The van der Waals surface area contributed by atoms with E-state index < -0.39 is 16.6 Å². The molecule has 3 rings (SSSR count). The Balaban J connectivity index is 1.63. The summed E-state index contributed by atoms with van der Waals surface area (Å²) in [5.41, 5.74) is 1.29. The fourth-order valence-corrected chi connectivity index (χ4v) is 2.61. The monoisotopic (exact) mass is 409 g/mol. The number of nitrogens with one attached hydrogen (secondary N) is 1. The van der Waals surface area contributed by atoms with E-state index in [1.54, 1.807) is 16.8 Å². The van der Waals surface area contributed by atoms with Gasteiger partial charge in [0.15, 0.2) is 5.02 Å². The van der Waals surface area contributed by atoms with Crippen LogP contribution in [0.1, 0.15) is 11.3 Å². The molecule has 0 fully saturated rings. The first-order chi connectivity index (χ1) is 12.8. The maximum Gasteiger partial charge on any atom is 0.408 e. The van der Waals surface area contributed by atoms with Crippen molar-refractivity contribution < 1.29 is 9.72 Å². The first kappa shape index (κ1) is 18.8. The topological polar surface area (TPSA) is 121 Å². The van der Waals surface area contributed by atoms with Crippen LogP contribution < -0.4 is 5.32 Å². The summed E-state index contributed by atoms with van der Waals surface area (Å²) >= 11 is 11.7. The average molecular weight is 410 g/mol. The van der Waals surface area contributed by atoms with Crippen LogP contribution in [0.25, 0.3) is 0 Å². The molecule has 12 heteroatoms. The number of hydrogen-bond acceptors (Lipinski definition) is 6. The molecule has 2 heterocycles. The van der Waals surface area contributed by atoms with Crippen LogP contribution in [0, 0.1) is 17.0 Å². The minimum absolute atomic E-state index is 0.0989. The van der Waals surface area contributed by atoms with Crippen molar-refractivity contribution in [3.8, 4) is 0 Å². The number of rotatable bonds is 6. The predicted molar refractivity (Wildman–Crippen MR) is 97.8 cm³/mol. The van der Waals surface area contributed by atoms with Gasteiger partial charge in [-0.15, -0.1) is 5.10 Å². The van der Waals surface area contributed by atoms with E-state index in [1.165, 1.54) is 13.3 Å². The first-order valence-electron chi connectivity index (χ1n) is 7.64. The molecule has 140 valence electrons. The van der Waals surface area contributed by atoms with Gasteiger partial charge in [-0.2, -0.15) is 4.68 Å². The second-order valence-electron chi connectivity index (χ2n) is 5.58. The van der Waals surface area contributed by atoms with E-state index in [4.69, 9.17) is 23.2 Å². The second-order valence-corrected chi connectivity index (χ2v) is 6.39. The summed E-state index contributed by atoms with van der Waals surface area (Å²) in [6.07, 6.45) is 1.48. The van der Waals surface area contributed by atoms with E-state index in [-0.39, 0.29) is 17.5 Å². The van der Waals surface area contributed by atoms with Gasteiger partial charge in [0.2, 0.25) is 5.95 Å². The van der Waals surface area contributed by atoms with Crippen molar-refractivity contribution >= 4 is 40.9 Å². The molecular weight excluding hydrogens is 397 g/mol. The van der Waals surface area contributed by atoms with Crippen molar-refractivity contribution in [2.45, 2.75) is 20.0 Å². The van der Waals surface area contributed by atoms with Crippen LogP contribution in [-0.2, 0) is 17.9 Å². The highest BCUT2D eigenvalue weighted by Gasteiger charge is 2.25. The van der Waals surface area contributed by atoms with E-state index in [9.17, 15) is 14.9 Å². The number of anilines is 1. The third-order valence-electron chi connectivity index (χ3n) is 3.63. The van der Waals surface area contributed by atoms with Gasteiger partial charge in [0.1, 0.15) is 12.9 Å². The van der Waals surface area contributed by atoms with Crippen LogP contribution in [0.4, 0.5) is 11.8 Å². The van der Waals surface area contributed by atoms with Gasteiger partial charge in [-0.3, -0.25) is 10.1 Å². The van der Waals surface area contributed by atoms with E-state index in [0.29, 0.717) is 17.3 Å². The standard InChI is InChI=1S/C15H13Cl2N7O3/c1-9-13(17)14(24(26)27)20-23(9)7-12(25)19-15-18-8-22(21-15)6-10-2-4-11(16)5-3-10/h2-5,8H,6-7H2,1H3,(H,19,21,25). The number of carbonyl (C=O) groups excluding carboxylic acids is 1. The Hall–Kier alpha value is -2.98. The molecule has 0 saturated heterocycles. The van der Waals surface area contributed by atoms with Gasteiger partial charge in [-0.1, -0.05) is 35.3 Å². The number of nitrogens with zero attached hydrogens (tertiary/aromatic N) is 6. The Morgan fingerprint density at radius 3 is 2.59 bits per heavy atom. The third kappa shape index (κ3) is 4.41. The molecule has 0 saturated carbocycles. The summed E-state index contributed by atoms with van der Waals surface area (Å²) in [6, 6.07) is 7.26. The SMILES string of the molecule is Cc1c(Cl)c([N+](=O)[O-])nn1CC(=O)Nc1ncn(Cc2ccc(Cl)cc2)n1. The summed E-state index contributed by atoms with van der Waals surface area (Å²) in [6.45, 7) is 1.74. The van der Waals surface area contributed by atoms with E-state index >= 15 is 0 Å². The number of amides is 1. The molecule has 0 unspecified atom stereocenters. The fraction of sp³-hybridized carbons (Fsp3) is 0.200. The minimum atomic E-state index is -0.705. The van der Waals surface area contributed by atoms with Gasteiger partial charge in [-0.25, -0.2) is 9.67 Å². The molecule has 3 aromatic rings. The van der Waals surface area contributed by atoms with E-state index in [0.717, 1.165) is 10.2 Å². The quantitative estimate of drug-likeness (QED) is 0.493. The number of benzene rings is 1. The fourth-order valence-electron chi connectivity index (χ4n) is 2.28. The molecule has 27 heavy (non-hydrogen) atoms. The number of halogens is 2. The number of carbonyl (C=O) groups is 1. The molecule has 1 amide bonds. The average Bonchev–Trinajstić information content (AvgIpc) is 3.16. The van der Waals surface area contributed by atoms with Crippen LogP contribution in [0.3, 0.4) is 0 Å². The summed E-state index contributed by atoms with van der Waals surface area (Å²) in [5, 5.41) is 21.8. The smallest absolute Gasteiger partial charge is 0.358 e. The predicted octanol–water partition coefficient (Wildman–Crippen LogP) is 2.69. The lowest BCUT2D eigenvalue weighted by Crippen LogP contribution is -2.21. The molecule has 1 N–H and O–H groups in total. The molecule has 0 bridgehead atoms. The van der Waals surface area contributed by atoms with E-state index in [1.807, 2.05) is 12.1 Å². The highest BCUT2D eigenvalue weighted by atomic mass is 35.5. The molecule has 0 aliphatic rings. The van der Waals surface area contributed by atoms with Crippen LogP contribution in [0.15, 0.2) is 30.6 Å². The third-order valence-corrected chi connectivity index (χ3v) is 4.32. The van der Waals surface area contributed by atoms with Gasteiger partial charge >= 0.3 is 5.82 Å². The molecule has 0 radical (unpaired) electrons. The van der Waals surface area contributed by atoms with Crippen molar-refractivity contribution in [3.05, 3.63) is 62.0 Å². The van der Waals surface area contributed by atoms with Crippen molar-refractivity contribution in [3.63, 3.8) is 0 Å². The molecule has 0 spiro atoms. The maximum absolute atomic E-state index is 12.1. The van der Waals surface area contributed by atoms with Gasteiger partial charge in [0.05, 0.1) is 17.3 Å². The molecule has 0 atom stereocenters. The number of hydrogen-bond donors (Lipinski definition) is 1. The Morgan fingerprint density at radius 2 is 1.96 bits per heavy atom. The zero-order valence-corrected chi connectivity index (χ0v) is 15.5. The molecule has 0 aliphatic carbocycles. The summed E-state index contributed by atoms with van der Waals surface area (Å²) in [4.78, 5) is 26.3. The second kappa shape index (κ2) is 7.72. The highest BCUT2D eigenvalue weighted by molar-refractivity contribution is 6.33. The molecule has 1 aromatic carbocycles. The zero-order chi connectivity index (χ0) is 19.6. The van der Waals surface area contributed by atoms with Crippen LogP contribution in [-0.4, -0.2) is 35.4 Å². The molecular formula is C15H13Cl2N7O3. The minimum Gasteiger partial charge on any atom is -0.358 e. The van der Waals surface area contributed by atoms with Gasteiger partial charge in [0.25, 0.3) is 5.91 Å². The Morgan fingerprint density at radius 1 is 1.26 bits per heavy atom.